The van der Waals surface area contributed by atoms with E-state index in [-0.39, 0.29) is 17.3 Å². The number of carbonyl (C=O) groups is 2. The Bertz CT molecular complexity index is 1060. The van der Waals surface area contributed by atoms with E-state index in [0.29, 0.717) is 37.7 Å². The predicted molar refractivity (Wildman–Crippen MR) is 112 cm³/mol. The number of sulfonamides is 1. The summed E-state index contributed by atoms with van der Waals surface area (Å²) in [5.74, 6) is -0.171. The van der Waals surface area contributed by atoms with Crippen molar-refractivity contribution in [3.8, 4) is 0 Å². The van der Waals surface area contributed by atoms with Crippen LogP contribution in [0.4, 0.5) is 11.6 Å². The van der Waals surface area contributed by atoms with E-state index in [0.717, 1.165) is 4.31 Å². The van der Waals surface area contributed by atoms with Crippen LogP contribution in [0.5, 0.6) is 0 Å². The summed E-state index contributed by atoms with van der Waals surface area (Å²) in [5, 5.41) is 0. The summed E-state index contributed by atoms with van der Waals surface area (Å²) in [4.78, 5) is 37.6. The molecule has 1 aromatic carbocycles. The van der Waals surface area contributed by atoms with Gasteiger partial charge in [0.2, 0.25) is 21.9 Å². The summed E-state index contributed by atoms with van der Waals surface area (Å²) in [7, 11) is -3.71. The van der Waals surface area contributed by atoms with E-state index in [2.05, 4.69) is 9.97 Å². The molecule has 9 nitrogen and oxygen atoms in total. The summed E-state index contributed by atoms with van der Waals surface area (Å²) < 4.78 is 25.7. The van der Waals surface area contributed by atoms with Crippen molar-refractivity contribution in [2.45, 2.75) is 13.8 Å². The zero-order chi connectivity index (χ0) is 21.5. The molecule has 3 heterocycles. The summed E-state index contributed by atoms with van der Waals surface area (Å²) in [6, 6.07) is 7.92. The van der Waals surface area contributed by atoms with Crippen LogP contribution in [0.3, 0.4) is 0 Å². The molecule has 1 aromatic heterocycles. The van der Waals surface area contributed by atoms with Gasteiger partial charge in [-0.05, 0) is 44.2 Å². The Labute approximate surface area is 175 Å². The molecule has 0 radical (unpaired) electrons. The lowest BCUT2D eigenvalue weighted by molar-refractivity contribution is -0.123. The number of hydrogen-bond donors (Lipinski definition) is 0. The van der Waals surface area contributed by atoms with Crippen molar-refractivity contribution < 1.29 is 18.0 Å². The third-order valence-corrected chi connectivity index (χ3v) is 7.35. The van der Waals surface area contributed by atoms with E-state index in [1.165, 1.54) is 12.1 Å². The van der Waals surface area contributed by atoms with Crippen molar-refractivity contribution in [3.05, 3.63) is 48.3 Å². The maximum atomic E-state index is 12.8. The van der Waals surface area contributed by atoms with Gasteiger partial charge >= 0.3 is 0 Å². The van der Waals surface area contributed by atoms with E-state index in [1.807, 2.05) is 4.90 Å². The number of carbonyl (C=O) groups excluding carboxylic acids is 2. The summed E-state index contributed by atoms with van der Waals surface area (Å²) in [6.07, 6.45) is 3.38. The fourth-order valence-electron chi connectivity index (χ4n) is 3.75. The second-order valence-electron chi connectivity index (χ2n) is 8.08. The van der Waals surface area contributed by atoms with Crippen molar-refractivity contribution in [2.75, 3.05) is 41.1 Å². The van der Waals surface area contributed by atoms with Gasteiger partial charge in [0.25, 0.3) is 5.91 Å². The zero-order valence-electron chi connectivity index (χ0n) is 16.9. The zero-order valence-corrected chi connectivity index (χ0v) is 17.7. The van der Waals surface area contributed by atoms with Crippen LogP contribution >= 0.6 is 0 Å². The van der Waals surface area contributed by atoms with Gasteiger partial charge in [0.05, 0.1) is 16.9 Å². The van der Waals surface area contributed by atoms with Crippen LogP contribution in [0.2, 0.25) is 0 Å². The Hall–Kier alpha value is -3.01. The minimum atomic E-state index is -3.71. The molecule has 2 aliphatic heterocycles. The molecule has 0 bridgehead atoms. The summed E-state index contributed by atoms with van der Waals surface area (Å²) in [6.45, 7) is 5.56. The Morgan fingerprint density at radius 3 is 2.13 bits per heavy atom. The van der Waals surface area contributed by atoms with E-state index in [4.69, 9.17) is 0 Å². The molecule has 158 valence electrons. The fraction of sp³-hybridized carbons (Fsp3) is 0.400. The van der Waals surface area contributed by atoms with Gasteiger partial charge in [-0.3, -0.25) is 9.59 Å². The molecule has 2 amide bonds. The molecule has 0 N–H and O–H groups in total. The van der Waals surface area contributed by atoms with Crippen LogP contribution in [0.25, 0.3) is 0 Å². The molecule has 2 fully saturated rings. The maximum absolute atomic E-state index is 12.8. The average molecular weight is 430 g/mol. The lowest BCUT2D eigenvalue weighted by atomic mass is 9.95. The third kappa shape index (κ3) is 3.62. The number of benzene rings is 1. The van der Waals surface area contributed by atoms with E-state index in [9.17, 15) is 18.0 Å². The van der Waals surface area contributed by atoms with Crippen molar-refractivity contribution in [2.24, 2.45) is 5.41 Å². The van der Waals surface area contributed by atoms with Gasteiger partial charge in [-0.15, -0.1) is 0 Å². The molecule has 0 spiro atoms. The largest absolute Gasteiger partial charge is 0.337 e. The second kappa shape index (κ2) is 7.35. The first kappa shape index (κ1) is 20.3. The molecule has 4 rings (SSSR count). The highest BCUT2D eigenvalue weighted by Crippen LogP contribution is 2.35. The minimum Gasteiger partial charge on any atom is -0.337 e. The lowest BCUT2D eigenvalue weighted by Crippen LogP contribution is -2.49. The predicted octanol–water partition coefficient (Wildman–Crippen LogP) is 1.14. The van der Waals surface area contributed by atoms with Gasteiger partial charge in [-0.25, -0.2) is 22.7 Å². The molecule has 2 saturated heterocycles. The quantitative estimate of drug-likeness (QED) is 0.721. The van der Waals surface area contributed by atoms with Crippen molar-refractivity contribution >= 4 is 33.5 Å². The monoisotopic (exact) mass is 429 g/mol. The normalized spacial score (nSPS) is 20.5. The first-order valence-electron chi connectivity index (χ1n) is 9.68. The average Bonchev–Trinajstić information content (AvgIpc) is 2.90. The molecule has 2 aromatic rings. The Kier molecular flexibility index (Phi) is 4.97. The summed E-state index contributed by atoms with van der Waals surface area (Å²) in [5.41, 5.74) is -0.255. The maximum Gasteiger partial charge on any atom is 0.253 e. The molecule has 0 saturated carbocycles. The van der Waals surface area contributed by atoms with Crippen LogP contribution in [0.1, 0.15) is 24.2 Å². The number of rotatable bonds is 3. The molecule has 0 unspecified atom stereocenters. The minimum absolute atomic E-state index is 0.133. The van der Waals surface area contributed by atoms with Crippen LogP contribution < -0.4 is 9.21 Å². The smallest absolute Gasteiger partial charge is 0.253 e. The van der Waals surface area contributed by atoms with E-state index in [1.54, 1.807) is 49.3 Å². The topological polar surface area (TPSA) is 104 Å². The first-order chi connectivity index (χ1) is 14.2. The first-order valence-corrected chi connectivity index (χ1v) is 11.3. The highest BCUT2D eigenvalue weighted by molar-refractivity contribution is 7.94. The van der Waals surface area contributed by atoms with E-state index >= 15 is 0 Å². The van der Waals surface area contributed by atoms with Gasteiger partial charge in [0.15, 0.2) is 0 Å². The molecule has 0 atom stereocenters. The molecular formula is C20H23N5O4S. The van der Waals surface area contributed by atoms with Crippen molar-refractivity contribution in [1.82, 2.24) is 14.9 Å². The number of amides is 2. The van der Waals surface area contributed by atoms with Crippen molar-refractivity contribution in [1.29, 1.82) is 0 Å². The number of piperazine rings is 1. The summed E-state index contributed by atoms with van der Waals surface area (Å²) >= 11 is 0. The molecule has 30 heavy (non-hydrogen) atoms. The van der Waals surface area contributed by atoms with E-state index < -0.39 is 21.3 Å². The fourth-order valence-corrected chi connectivity index (χ4v) is 5.85. The SMILES string of the molecule is CC1(C)CS(=O)(=O)N(c2ccc(C(=O)N3CCN(c4ncccn4)CC3)cc2)C1=O. The molecular weight excluding hydrogens is 406 g/mol. The van der Waals surface area contributed by atoms with Gasteiger partial charge in [0.1, 0.15) is 0 Å². The van der Waals surface area contributed by atoms with Crippen molar-refractivity contribution in [3.63, 3.8) is 0 Å². The van der Waals surface area contributed by atoms with Gasteiger partial charge in [-0.2, -0.15) is 0 Å². The Morgan fingerprint density at radius 1 is 1.00 bits per heavy atom. The highest BCUT2D eigenvalue weighted by Gasteiger charge is 2.49. The number of nitrogens with zero attached hydrogens (tertiary/aromatic N) is 5. The second-order valence-corrected chi connectivity index (χ2v) is 9.90. The van der Waals surface area contributed by atoms with Gasteiger partial charge < -0.3 is 9.80 Å². The van der Waals surface area contributed by atoms with Gasteiger partial charge in [0, 0.05) is 44.1 Å². The Balaban J connectivity index is 1.45. The third-order valence-electron chi connectivity index (χ3n) is 5.34. The van der Waals surface area contributed by atoms with Crippen LogP contribution in [-0.4, -0.2) is 67.0 Å². The van der Waals surface area contributed by atoms with Crippen LogP contribution in [-0.2, 0) is 14.8 Å². The Morgan fingerprint density at radius 2 is 1.60 bits per heavy atom. The number of hydrogen-bond acceptors (Lipinski definition) is 7. The van der Waals surface area contributed by atoms with Gasteiger partial charge in [-0.1, -0.05) is 0 Å². The molecule has 0 aliphatic carbocycles. The lowest BCUT2D eigenvalue weighted by Gasteiger charge is -2.34. The number of anilines is 2. The highest BCUT2D eigenvalue weighted by atomic mass is 32.2. The molecule has 10 heteroatoms. The standard InChI is InChI=1S/C20H23N5O4S/c1-20(2)14-30(28,29)25(18(20)27)16-6-4-15(5-7-16)17(26)23-10-12-24(13-11-23)19-21-8-3-9-22-19/h3-9H,10-14H2,1-2H3. The number of aromatic nitrogens is 2. The van der Waals surface area contributed by atoms with Crippen LogP contribution in [0.15, 0.2) is 42.7 Å². The molecule has 2 aliphatic rings. The van der Waals surface area contributed by atoms with Crippen LogP contribution in [0, 0.1) is 5.41 Å².